The molecule has 13 rings (SSSR count). The van der Waals surface area contributed by atoms with Gasteiger partial charge in [0.25, 0.3) is 0 Å². The standard InChI is InChI=1S/C78H75NO8/c1-6-8-9-12-52-17-19-53(20-18-52)54-21-23-55(24-22-54)56-25-29-59(30-26-56)75(80)85-64-41-33-58(34-42-64)57-27-31-60(32-28-57)76(81)86-71-49-67-68(50-70(71)82-4)74-66(73-72(67)65-13-10-11-14-69(65)77(73,7-2)83-5)43-44-78(87-74,61-35-15-51(3)16-36-61)62-37-39-63(40-38-62)79-45-47-84-48-46-79/h10-11,13-16,21-44,49-50,52-53H,6-9,12,17-20,45-48H2,1-5H3. The predicted octanol–water partition coefficient (Wildman–Crippen LogP) is 18.2. The number of hydrogen-bond acceptors (Lipinski definition) is 9. The quantitative estimate of drug-likeness (QED) is 0.0502. The molecule has 2 heterocycles. The number of fused-ring (bicyclic) bond motifs is 8. The Morgan fingerprint density at radius 1 is 0.621 bits per heavy atom. The van der Waals surface area contributed by atoms with E-state index in [1.54, 1.807) is 38.5 Å². The van der Waals surface area contributed by atoms with Crippen LogP contribution in [0.3, 0.4) is 0 Å². The molecule has 0 bridgehead atoms. The second kappa shape index (κ2) is 24.5. The molecule has 4 aliphatic rings. The summed E-state index contributed by atoms with van der Waals surface area (Å²) in [6.07, 6.45) is 15.7. The number of unbranched alkanes of at least 4 members (excludes halogenated alkanes) is 2. The number of aryl methyl sites for hydroxylation is 1. The van der Waals surface area contributed by atoms with Crippen molar-refractivity contribution >= 4 is 34.5 Å². The van der Waals surface area contributed by atoms with Crippen LogP contribution >= 0.6 is 0 Å². The summed E-state index contributed by atoms with van der Waals surface area (Å²) < 4.78 is 38.4. The van der Waals surface area contributed by atoms with Gasteiger partial charge in [-0.1, -0.05) is 172 Å². The molecule has 9 aromatic rings. The van der Waals surface area contributed by atoms with Crippen LogP contribution in [-0.2, 0) is 20.7 Å². The zero-order valence-electron chi connectivity index (χ0n) is 50.5. The van der Waals surface area contributed by atoms with Crippen molar-refractivity contribution in [2.24, 2.45) is 5.92 Å². The molecule has 0 radical (unpaired) electrons. The van der Waals surface area contributed by atoms with Crippen LogP contribution in [-0.4, -0.2) is 52.5 Å². The average Bonchev–Trinajstić information content (AvgIpc) is 1.60. The van der Waals surface area contributed by atoms with Crippen LogP contribution in [0, 0.1) is 12.8 Å². The maximum Gasteiger partial charge on any atom is 0.343 e. The number of morpholine rings is 1. The molecule has 87 heavy (non-hydrogen) atoms. The molecule has 2 unspecified atom stereocenters. The number of hydrogen-bond donors (Lipinski definition) is 0. The molecule has 1 saturated heterocycles. The third-order valence-corrected chi connectivity index (χ3v) is 19.0. The van der Waals surface area contributed by atoms with Gasteiger partial charge in [0.2, 0.25) is 0 Å². The summed E-state index contributed by atoms with van der Waals surface area (Å²) in [5.41, 5.74) is 13.7. The Bertz CT molecular complexity index is 3980. The molecule has 9 nitrogen and oxygen atoms in total. The number of benzene rings is 9. The van der Waals surface area contributed by atoms with Crippen LogP contribution in [0.15, 0.2) is 188 Å². The summed E-state index contributed by atoms with van der Waals surface area (Å²) in [4.78, 5) is 30.1. The molecule has 9 aromatic carbocycles. The fraction of sp³-hybridized carbons (Fsp3) is 0.282. The van der Waals surface area contributed by atoms with Crippen molar-refractivity contribution in [3.05, 3.63) is 238 Å². The lowest BCUT2D eigenvalue weighted by molar-refractivity contribution is 0.0219. The van der Waals surface area contributed by atoms with E-state index in [0.717, 1.165) is 102 Å². The monoisotopic (exact) mass is 1150 g/mol. The first-order valence-corrected chi connectivity index (χ1v) is 31.2. The van der Waals surface area contributed by atoms with E-state index >= 15 is 0 Å². The molecule has 0 amide bonds. The summed E-state index contributed by atoms with van der Waals surface area (Å²) in [5, 5.41) is 1.64. The van der Waals surface area contributed by atoms with Crippen LogP contribution < -0.4 is 23.8 Å². The molecule has 2 aliphatic heterocycles. The fourth-order valence-electron chi connectivity index (χ4n) is 14.1. The van der Waals surface area contributed by atoms with Gasteiger partial charge < -0.3 is 33.3 Å². The number of ether oxygens (including phenoxy) is 6. The smallest absolute Gasteiger partial charge is 0.343 e. The summed E-state index contributed by atoms with van der Waals surface area (Å²) in [6, 6.07) is 60.9. The molecular weight excluding hydrogens is 1080 g/mol. The van der Waals surface area contributed by atoms with Gasteiger partial charge in [0, 0.05) is 53.5 Å². The maximum absolute atomic E-state index is 14.3. The van der Waals surface area contributed by atoms with Crippen LogP contribution in [0.4, 0.5) is 5.69 Å². The molecule has 0 spiro atoms. The van der Waals surface area contributed by atoms with E-state index in [0.29, 0.717) is 53.9 Å². The van der Waals surface area contributed by atoms with Crippen molar-refractivity contribution < 1.29 is 38.0 Å². The van der Waals surface area contributed by atoms with Gasteiger partial charge in [0.15, 0.2) is 17.1 Å². The second-order valence-corrected chi connectivity index (χ2v) is 23.9. The van der Waals surface area contributed by atoms with E-state index in [9.17, 15) is 9.59 Å². The Morgan fingerprint density at radius 3 is 1.82 bits per heavy atom. The number of nitrogens with zero attached hydrogens (tertiary/aromatic N) is 1. The minimum atomic E-state index is -1.02. The van der Waals surface area contributed by atoms with E-state index in [-0.39, 0.29) is 5.75 Å². The highest BCUT2D eigenvalue weighted by atomic mass is 16.6. The number of carbonyl (C=O) groups is 2. The SMILES string of the molecule is CCCCCC1CCC(c2ccc(-c3ccc(C(=O)Oc4ccc(-c5ccc(C(=O)Oc6cc7c8c(c9c(c7cc6OC)OC(c6ccc(C)cc6)(c6ccc(N7CCOCC7)cc6)C=C9)C(CC)(OC)c6ccccc6-8)cc5)cc4)cc3)cc2)CC1. The highest BCUT2D eigenvalue weighted by Crippen LogP contribution is 2.60. The van der Waals surface area contributed by atoms with Crippen LogP contribution in [0.5, 0.6) is 23.0 Å². The van der Waals surface area contributed by atoms with Crippen molar-refractivity contribution in [1.29, 1.82) is 0 Å². The summed E-state index contributed by atoms with van der Waals surface area (Å²) >= 11 is 0. The highest BCUT2D eigenvalue weighted by Gasteiger charge is 2.48. The molecule has 440 valence electrons. The third kappa shape index (κ3) is 10.9. The van der Waals surface area contributed by atoms with Gasteiger partial charge in [-0.2, -0.15) is 0 Å². The first-order valence-electron chi connectivity index (χ1n) is 31.2. The van der Waals surface area contributed by atoms with E-state index in [1.165, 1.54) is 56.9 Å². The number of esters is 2. The topological polar surface area (TPSA) is 92.8 Å². The van der Waals surface area contributed by atoms with Crippen LogP contribution in [0.2, 0.25) is 0 Å². The van der Waals surface area contributed by atoms with E-state index < -0.39 is 23.1 Å². The summed E-state index contributed by atoms with van der Waals surface area (Å²) in [6.45, 7) is 9.60. The van der Waals surface area contributed by atoms with Gasteiger partial charge in [-0.15, -0.1) is 0 Å². The lowest BCUT2D eigenvalue weighted by atomic mass is 9.77. The van der Waals surface area contributed by atoms with Gasteiger partial charge in [0.05, 0.1) is 31.5 Å². The van der Waals surface area contributed by atoms with Crippen molar-refractivity contribution in [1.82, 2.24) is 0 Å². The zero-order valence-corrected chi connectivity index (χ0v) is 50.5. The minimum Gasteiger partial charge on any atom is -0.493 e. The Hall–Kier alpha value is -8.76. The van der Waals surface area contributed by atoms with E-state index in [1.807, 2.05) is 60.7 Å². The van der Waals surface area contributed by atoms with Crippen molar-refractivity contribution in [3.63, 3.8) is 0 Å². The molecule has 1 saturated carbocycles. The van der Waals surface area contributed by atoms with E-state index in [4.69, 9.17) is 28.4 Å². The second-order valence-electron chi connectivity index (χ2n) is 23.9. The maximum atomic E-state index is 14.3. The summed E-state index contributed by atoms with van der Waals surface area (Å²) in [5.74, 6) is 2.33. The number of rotatable bonds is 17. The van der Waals surface area contributed by atoms with Crippen molar-refractivity contribution in [2.45, 2.75) is 95.7 Å². The summed E-state index contributed by atoms with van der Waals surface area (Å²) in [7, 11) is 3.37. The molecule has 2 atom stereocenters. The van der Waals surface area contributed by atoms with Crippen molar-refractivity contribution in [3.8, 4) is 56.4 Å². The first kappa shape index (κ1) is 57.3. The molecule has 2 fully saturated rings. The number of methoxy groups -OCH3 is 2. The first-order chi connectivity index (χ1) is 42.6. The molecule has 0 N–H and O–H groups in total. The highest BCUT2D eigenvalue weighted by molar-refractivity contribution is 6.10. The van der Waals surface area contributed by atoms with Crippen molar-refractivity contribution in [2.75, 3.05) is 45.4 Å². The normalized spacial score (nSPS) is 19.4. The van der Waals surface area contributed by atoms with Gasteiger partial charge >= 0.3 is 11.9 Å². The predicted molar refractivity (Wildman–Crippen MR) is 348 cm³/mol. The van der Waals surface area contributed by atoms with Crippen LogP contribution in [0.25, 0.3) is 50.2 Å². The van der Waals surface area contributed by atoms with Gasteiger partial charge in [-0.3, -0.25) is 0 Å². The molecule has 9 heteroatoms. The average molecular weight is 1150 g/mol. The van der Waals surface area contributed by atoms with E-state index in [2.05, 4.69) is 135 Å². The lowest BCUT2D eigenvalue weighted by Gasteiger charge is -2.39. The third-order valence-electron chi connectivity index (χ3n) is 19.0. The van der Waals surface area contributed by atoms with Crippen LogP contribution in [0.1, 0.15) is 137 Å². The number of carbonyl (C=O) groups excluding carboxylic acids is 2. The largest absolute Gasteiger partial charge is 0.493 e. The van der Waals surface area contributed by atoms with Gasteiger partial charge in [0.1, 0.15) is 17.1 Å². The van der Waals surface area contributed by atoms with Gasteiger partial charge in [-0.05, 0) is 167 Å². The lowest BCUT2D eigenvalue weighted by Crippen LogP contribution is -2.37. The Morgan fingerprint density at radius 2 is 1.21 bits per heavy atom. The minimum absolute atomic E-state index is 0.270. The Labute approximate surface area is 511 Å². The number of anilines is 1. The Kier molecular flexibility index (Phi) is 16.2. The molecule has 2 aliphatic carbocycles. The Balaban J connectivity index is 0.739. The molecule has 0 aromatic heterocycles. The molecular formula is C78H75NO8. The zero-order chi connectivity index (χ0) is 59.7. The van der Waals surface area contributed by atoms with Gasteiger partial charge in [-0.25, -0.2) is 9.59 Å². The fourth-order valence-corrected chi connectivity index (χ4v) is 14.1.